The highest BCUT2D eigenvalue weighted by molar-refractivity contribution is 6.74. The number of rotatable bonds is 8. The van der Waals surface area contributed by atoms with E-state index in [1.165, 1.54) is 32.1 Å². The third-order valence-corrected chi connectivity index (χ3v) is 13.1. The Morgan fingerprint density at radius 2 is 1.75 bits per heavy atom. The molecule has 0 aromatic carbocycles. The van der Waals surface area contributed by atoms with Crippen molar-refractivity contribution >= 4 is 8.32 Å². The predicted octanol–water partition coefficient (Wildman–Crippen LogP) is 6.14. The molecular formula is C24H48O3Si. The molecule has 0 aromatic heterocycles. The molecular weight excluding hydrogens is 364 g/mol. The summed E-state index contributed by atoms with van der Waals surface area (Å²) in [6.45, 7) is 18.3. The molecule has 2 aliphatic carbocycles. The molecule has 2 fully saturated rings. The molecule has 0 saturated heterocycles. The molecule has 2 saturated carbocycles. The van der Waals surface area contributed by atoms with Crippen LogP contribution >= 0.6 is 0 Å². The minimum atomic E-state index is -1.76. The number of aliphatic hydroxyl groups is 2. The normalized spacial score (nSPS) is 33.0. The maximum atomic E-state index is 10.2. The SMILES string of the molecule is CC(C)(O)CCCC(CO)C1CCC2[C@@H](O[Si](C)(C)C(C)(C)C)CCC[C@]12C. The standard InChI is InChI=1S/C24H48O3Si/c1-22(2,3)28(7,8)27-21-12-10-16-24(6)19(13-14-20(21)24)18(17-25)11-9-15-23(4,5)26/h18-21,25-26H,9-17H2,1-8H3/t18?,19?,20?,21-,24+/m0/s1. The molecule has 166 valence electrons. The van der Waals surface area contributed by atoms with Gasteiger partial charge in [0.1, 0.15) is 0 Å². The van der Waals surface area contributed by atoms with E-state index in [1.807, 2.05) is 13.8 Å². The van der Waals surface area contributed by atoms with E-state index >= 15 is 0 Å². The third-order valence-electron chi connectivity index (χ3n) is 8.55. The van der Waals surface area contributed by atoms with Crippen LogP contribution in [0.2, 0.25) is 18.1 Å². The first-order valence-electron chi connectivity index (χ1n) is 11.7. The molecule has 0 radical (unpaired) electrons. The molecule has 5 atom stereocenters. The Bertz CT molecular complexity index is 505. The molecule has 4 heteroatoms. The van der Waals surface area contributed by atoms with Crippen molar-refractivity contribution in [3.63, 3.8) is 0 Å². The maximum Gasteiger partial charge on any atom is 0.192 e. The highest BCUT2D eigenvalue weighted by Gasteiger charge is 2.54. The van der Waals surface area contributed by atoms with Gasteiger partial charge in [0.2, 0.25) is 0 Å². The van der Waals surface area contributed by atoms with Crippen molar-refractivity contribution < 1.29 is 14.6 Å². The van der Waals surface area contributed by atoms with E-state index < -0.39 is 13.9 Å². The van der Waals surface area contributed by atoms with Crippen LogP contribution in [0.25, 0.3) is 0 Å². The summed E-state index contributed by atoms with van der Waals surface area (Å²) in [5.74, 6) is 1.60. The summed E-state index contributed by atoms with van der Waals surface area (Å²) in [5, 5.41) is 20.5. The molecule has 2 rings (SSSR count). The summed E-state index contributed by atoms with van der Waals surface area (Å²) in [6, 6.07) is 0. The van der Waals surface area contributed by atoms with Gasteiger partial charge in [0.15, 0.2) is 8.32 Å². The van der Waals surface area contributed by atoms with Gasteiger partial charge in [-0.25, -0.2) is 0 Å². The minimum absolute atomic E-state index is 0.254. The lowest BCUT2D eigenvalue weighted by atomic mass is 9.61. The molecule has 0 spiro atoms. The van der Waals surface area contributed by atoms with E-state index in [0.29, 0.717) is 29.3 Å². The summed E-state index contributed by atoms with van der Waals surface area (Å²) < 4.78 is 6.95. The Balaban J connectivity index is 2.09. The second-order valence-corrected chi connectivity index (χ2v) is 17.0. The second kappa shape index (κ2) is 8.68. The summed E-state index contributed by atoms with van der Waals surface area (Å²) in [6.07, 6.45) is 9.47. The van der Waals surface area contributed by atoms with Gasteiger partial charge in [-0.05, 0) is 93.7 Å². The molecule has 0 heterocycles. The van der Waals surface area contributed by atoms with Gasteiger partial charge in [-0.15, -0.1) is 0 Å². The highest BCUT2D eigenvalue weighted by atomic mass is 28.4. The zero-order chi connectivity index (χ0) is 21.4. The van der Waals surface area contributed by atoms with Crippen LogP contribution in [0.3, 0.4) is 0 Å². The van der Waals surface area contributed by atoms with Crippen molar-refractivity contribution in [2.24, 2.45) is 23.2 Å². The highest BCUT2D eigenvalue weighted by Crippen LogP contribution is 2.59. The van der Waals surface area contributed by atoms with Crippen LogP contribution in [-0.4, -0.2) is 36.8 Å². The molecule has 3 nitrogen and oxygen atoms in total. The monoisotopic (exact) mass is 412 g/mol. The number of hydrogen-bond acceptors (Lipinski definition) is 3. The van der Waals surface area contributed by atoms with Gasteiger partial charge in [0.05, 0.1) is 5.60 Å². The molecule has 0 bridgehead atoms. The van der Waals surface area contributed by atoms with Crippen molar-refractivity contribution in [1.29, 1.82) is 0 Å². The van der Waals surface area contributed by atoms with Crippen molar-refractivity contribution in [3.8, 4) is 0 Å². The first-order chi connectivity index (χ1) is 12.7. The minimum Gasteiger partial charge on any atom is -0.414 e. The fraction of sp³-hybridized carbons (Fsp3) is 1.00. The van der Waals surface area contributed by atoms with Crippen LogP contribution in [0.1, 0.15) is 92.9 Å². The van der Waals surface area contributed by atoms with Gasteiger partial charge < -0.3 is 14.6 Å². The van der Waals surface area contributed by atoms with E-state index in [2.05, 4.69) is 40.8 Å². The molecule has 28 heavy (non-hydrogen) atoms. The third kappa shape index (κ3) is 5.41. The summed E-state index contributed by atoms with van der Waals surface area (Å²) in [7, 11) is -1.76. The summed E-state index contributed by atoms with van der Waals surface area (Å²) in [4.78, 5) is 0. The van der Waals surface area contributed by atoms with Crippen LogP contribution in [-0.2, 0) is 4.43 Å². The topological polar surface area (TPSA) is 49.7 Å². The first kappa shape index (κ1) is 24.4. The van der Waals surface area contributed by atoms with E-state index in [9.17, 15) is 10.2 Å². The summed E-state index contributed by atoms with van der Waals surface area (Å²) >= 11 is 0. The van der Waals surface area contributed by atoms with E-state index in [4.69, 9.17) is 4.43 Å². The van der Waals surface area contributed by atoms with Crippen LogP contribution in [0, 0.1) is 23.2 Å². The molecule has 0 aromatic rings. The Hall–Kier alpha value is 0.0969. The zero-order valence-corrected chi connectivity index (χ0v) is 21.0. The second-order valence-electron chi connectivity index (χ2n) is 12.3. The van der Waals surface area contributed by atoms with Gasteiger partial charge >= 0.3 is 0 Å². The quantitative estimate of drug-likeness (QED) is 0.471. The van der Waals surface area contributed by atoms with Gasteiger partial charge in [0, 0.05) is 12.7 Å². The Morgan fingerprint density at radius 1 is 1.11 bits per heavy atom. The predicted molar refractivity (Wildman–Crippen MR) is 121 cm³/mol. The van der Waals surface area contributed by atoms with Crippen molar-refractivity contribution in [1.82, 2.24) is 0 Å². The van der Waals surface area contributed by atoms with Crippen molar-refractivity contribution in [2.75, 3.05) is 6.61 Å². The lowest BCUT2D eigenvalue weighted by molar-refractivity contribution is -0.0309. The van der Waals surface area contributed by atoms with E-state index in [-0.39, 0.29) is 11.6 Å². The van der Waals surface area contributed by atoms with E-state index in [1.54, 1.807) is 0 Å². The molecule has 3 unspecified atom stereocenters. The van der Waals surface area contributed by atoms with Crippen LogP contribution < -0.4 is 0 Å². The van der Waals surface area contributed by atoms with Crippen LogP contribution in [0.5, 0.6) is 0 Å². The van der Waals surface area contributed by atoms with Gasteiger partial charge in [-0.1, -0.05) is 40.5 Å². The number of aliphatic hydroxyl groups excluding tert-OH is 1. The molecule has 0 aliphatic heterocycles. The fourth-order valence-electron chi connectivity index (χ4n) is 5.85. The van der Waals surface area contributed by atoms with Crippen molar-refractivity contribution in [3.05, 3.63) is 0 Å². The maximum absolute atomic E-state index is 10.2. The van der Waals surface area contributed by atoms with Gasteiger partial charge in [0.25, 0.3) is 0 Å². The smallest absolute Gasteiger partial charge is 0.192 e. The Morgan fingerprint density at radius 3 is 2.29 bits per heavy atom. The van der Waals surface area contributed by atoms with Crippen molar-refractivity contribution in [2.45, 2.75) is 123 Å². The van der Waals surface area contributed by atoms with E-state index in [0.717, 1.165) is 19.3 Å². The Kier molecular flexibility index (Phi) is 7.56. The number of hydrogen-bond donors (Lipinski definition) is 2. The van der Waals surface area contributed by atoms with Crippen LogP contribution in [0.4, 0.5) is 0 Å². The summed E-state index contributed by atoms with van der Waals surface area (Å²) in [5.41, 5.74) is -0.303. The lowest BCUT2D eigenvalue weighted by Gasteiger charge is -2.50. The average Bonchev–Trinajstić information content (AvgIpc) is 2.87. The zero-order valence-electron chi connectivity index (χ0n) is 20.0. The fourth-order valence-corrected chi connectivity index (χ4v) is 7.24. The molecule has 2 N–H and O–H groups in total. The largest absolute Gasteiger partial charge is 0.414 e. The molecule has 2 aliphatic rings. The molecule has 0 amide bonds. The lowest BCUT2D eigenvalue weighted by Crippen LogP contribution is -2.50. The van der Waals surface area contributed by atoms with Gasteiger partial charge in [-0.2, -0.15) is 0 Å². The van der Waals surface area contributed by atoms with Gasteiger partial charge in [-0.3, -0.25) is 0 Å². The Labute approximate surface area is 175 Å². The number of fused-ring (bicyclic) bond motifs is 1. The van der Waals surface area contributed by atoms with Crippen LogP contribution in [0.15, 0.2) is 0 Å². The first-order valence-corrected chi connectivity index (χ1v) is 14.6. The average molecular weight is 413 g/mol.